The molecule has 0 amide bonds. The molecule has 0 atom stereocenters. The lowest BCUT2D eigenvalue weighted by Crippen LogP contribution is -2.69. The normalized spacial score (nSPS) is 13.8. The minimum Gasteiger partial charge on any atom is -0.423 e. The second-order valence-electron chi connectivity index (χ2n) is 6.97. The predicted molar refractivity (Wildman–Crippen MR) is 92.3 cm³/mol. The van der Waals surface area contributed by atoms with Gasteiger partial charge in [0, 0.05) is 5.56 Å². The predicted octanol–water partition coefficient (Wildman–Crippen LogP) is 6.97. The van der Waals surface area contributed by atoms with Crippen LogP contribution >= 0.6 is 0 Å². The molecule has 2 rings (SSSR count). The molecule has 0 saturated carbocycles. The first-order valence-corrected chi connectivity index (χ1v) is 8.94. The fraction of sp³-hybridized carbons (Fsp3) is 0.300. The van der Waals surface area contributed by atoms with E-state index in [1.807, 2.05) is 0 Å². The van der Waals surface area contributed by atoms with Crippen molar-refractivity contribution in [3.63, 3.8) is 0 Å². The van der Waals surface area contributed by atoms with E-state index in [9.17, 15) is 61.9 Å². The largest absolute Gasteiger partial charge is 0.460 e. The Hall–Kier alpha value is -3.51. The summed E-state index contributed by atoms with van der Waals surface area (Å²) in [4.78, 5) is 12.0. The molecule has 0 aliphatic carbocycles. The highest BCUT2D eigenvalue weighted by Gasteiger charge is 2.90. The van der Waals surface area contributed by atoms with Gasteiger partial charge in [-0.2, -0.15) is 62.3 Å². The van der Waals surface area contributed by atoms with Gasteiger partial charge >= 0.3 is 41.8 Å². The summed E-state index contributed by atoms with van der Waals surface area (Å²) >= 11 is 0. The standard InChI is InChI=1S/C20H8F13NO2/c21-15(22,16(23,24)17(25,26)18(27,28)19(29,30)20(31,32)33)12-5-3-11(4-6-12)14(35)36-13-7-1-10(9-34)2-8-13/h1-8H. The van der Waals surface area contributed by atoms with Crippen molar-refractivity contribution in [3.05, 3.63) is 65.2 Å². The van der Waals surface area contributed by atoms with Crippen molar-refractivity contribution >= 4 is 5.97 Å². The molecule has 0 aliphatic rings. The average Bonchev–Trinajstić information content (AvgIpc) is 2.78. The summed E-state index contributed by atoms with van der Waals surface area (Å²) in [7, 11) is 0. The molecule has 0 aliphatic heterocycles. The third-order valence-corrected chi connectivity index (χ3v) is 4.61. The van der Waals surface area contributed by atoms with Crippen LogP contribution in [0.5, 0.6) is 5.75 Å². The minimum absolute atomic E-state index is 0.151. The van der Waals surface area contributed by atoms with Gasteiger partial charge in [-0.05, 0) is 36.4 Å². The van der Waals surface area contributed by atoms with E-state index in [0.717, 1.165) is 12.1 Å². The van der Waals surface area contributed by atoms with Gasteiger partial charge in [-0.15, -0.1) is 0 Å². The monoisotopic (exact) mass is 541 g/mol. The molecule has 0 unspecified atom stereocenters. The highest BCUT2D eigenvalue weighted by atomic mass is 19.4. The highest BCUT2D eigenvalue weighted by Crippen LogP contribution is 2.62. The molecule has 0 N–H and O–H groups in total. The number of esters is 1. The van der Waals surface area contributed by atoms with Gasteiger partial charge in [0.05, 0.1) is 17.2 Å². The van der Waals surface area contributed by atoms with E-state index in [2.05, 4.69) is 0 Å². The maximum absolute atomic E-state index is 14.2. The van der Waals surface area contributed by atoms with Gasteiger partial charge in [-0.3, -0.25) is 0 Å². The molecule has 196 valence electrons. The topological polar surface area (TPSA) is 50.1 Å². The van der Waals surface area contributed by atoms with Crippen LogP contribution in [0.2, 0.25) is 0 Å². The fourth-order valence-corrected chi connectivity index (χ4v) is 2.53. The van der Waals surface area contributed by atoms with E-state index in [1.165, 1.54) is 12.1 Å². The Balaban J connectivity index is 2.37. The van der Waals surface area contributed by atoms with Crippen LogP contribution in [0.25, 0.3) is 0 Å². The zero-order valence-corrected chi connectivity index (χ0v) is 16.8. The van der Waals surface area contributed by atoms with Gasteiger partial charge < -0.3 is 4.74 Å². The van der Waals surface area contributed by atoms with Crippen LogP contribution in [0.15, 0.2) is 48.5 Å². The number of carbonyl (C=O) groups excluding carboxylic acids is 1. The van der Waals surface area contributed by atoms with Crippen molar-refractivity contribution in [1.82, 2.24) is 0 Å². The molecule has 0 radical (unpaired) electrons. The van der Waals surface area contributed by atoms with Crippen molar-refractivity contribution in [3.8, 4) is 11.8 Å². The molecule has 36 heavy (non-hydrogen) atoms. The first-order valence-electron chi connectivity index (χ1n) is 8.94. The fourth-order valence-electron chi connectivity index (χ4n) is 2.53. The van der Waals surface area contributed by atoms with Crippen LogP contribution in [0.1, 0.15) is 21.5 Å². The summed E-state index contributed by atoms with van der Waals surface area (Å²) in [5.74, 6) is -39.2. The van der Waals surface area contributed by atoms with Gasteiger partial charge in [0.2, 0.25) is 0 Å². The maximum Gasteiger partial charge on any atom is 0.460 e. The molecule has 3 nitrogen and oxygen atoms in total. The van der Waals surface area contributed by atoms with E-state index in [4.69, 9.17) is 10.00 Å². The molecule has 0 saturated heterocycles. The average molecular weight is 541 g/mol. The Bertz CT molecular complexity index is 1150. The number of nitriles is 1. The minimum atomic E-state index is -8.00. The van der Waals surface area contributed by atoms with Crippen LogP contribution in [0.3, 0.4) is 0 Å². The van der Waals surface area contributed by atoms with Crippen molar-refractivity contribution in [1.29, 1.82) is 5.26 Å². The van der Waals surface area contributed by atoms with Crippen molar-refractivity contribution < 1.29 is 66.6 Å². The van der Waals surface area contributed by atoms with Gasteiger partial charge in [-0.25, -0.2) is 4.79 Å². The highest BCUT2D eigenvalue weighted by molar-refractivity contribution is 5.91. The van der Waals surface area contributed by atoms with Crippen LogP contribution in [-0.4, -0.2) is 35.8 Å². The second-order valence-corrected chi connectivity index (χ2v) is 6.97. The smallest absolute Gasteiger partial charge is 0.423 e. The summed E-state index contributed by atoms with van der Waals surface area (Å²) < 4.78 is 177. The summed E-state index contributed by atoms with van der Waals surface area (Å²) in [6.07, 6.45) is -7.50. The summed E-state index contributed by atoms with van der Waals surface area (Å²) in [5.41, 5.74) is -2.76. The van der Waals surface area contributed by atoms with E-state index >= 15 is 0 Å². The molecule has 2 aromatic rings. The number of halogens is 13. The number of nitrogens with zero attached hydrogens (tertiary/aromatic N) is 1. The van der Waals surface area contributed by atoms with Gasteiger partial charge in [0.15, 0.2) is 0 Å². The number of rotatable bonds is 7. The van der Waals surface area contributed by atoms with Crippen LogP contribution in [-0.2, 0) is 5.92 Å². The van der Waals surface area contributed by atoms with Gasteiger partial charge in [0.25, 0.3) is 0 Å². The molecule has 0 bridgehead atoms. The quantitative estimate of drug-likeness (QED) is 0.216. The number of carbonyl (C=O) groups is 1. The number of benzene rings is 2. The zero-order chi connectivity index (χ0) is 28.0. The maximum atomic E-state index is 14.2. The number of alkyl halides is 13. The molecule has 16 heteroatoms. The first-order chi connectivity index (χ1) is 16.1. The van der Waals surface area contributed by atoms with Crippen LogP contribution in [0.4, 0.5) is 57.1 Å². The van der Waals surface area contributed by atoms with E-state index in [-0.39, 0.29) is 35.6 Å². The van der Waals surface area contributed by atoms with Crippen molar-refractivity contribution in [2.24, 2.45) is 0 Å². The Kier molecular flexibility index (Phi) is 7.07. The Morgan fingerprint density at radius 2 is 1.08 bits per heavy atom. The Morgan fingerprint density at radius 1 is 0.639 bits per heavy atom. The Morgan fingerprint density at radius 3 is 1.50 bits per heavy atom. The molecule has 0 heterocycles. The van der Waals surface area contributed by atoms with E-state index in [1.54, 1.807) is 6.07 Å². The SMILES string of the molecule is N#Cc1ccc(OC(=O)c2ccc(C(F)(F)C(F)(F)C(F)(F)C(F)(F)C(F)(F)C(F)(F)F)cc2)cc1. The number of ether oxygens (including phenoxy) is 1. The molecule has 0 aromatic heterocycles. The van der Waals surface area contributed by atoms with Crippen LogP contribution in [0, 0.1) is 11.3 Å². The van der Waals surface area contributed by atoms with Crippen molar-refractivity contribution in [2.45, 2.75) is 35.8 Å². The third kappa shape index (κ3) is 4.42. The van der Waals surface area contributed by atoms with E-state index < -0.39 is 52.9 Å². The van der Waals surface area contributed by atoms with Gasteiger partial charge in [-0.1, -0.05) is 12.1 Å². The second kappa shape index (κ2) is 8.86. The molecule has 2 aromatic carbocycles. The lowest BCUT2D eigenvalue weighted by Gasteiger charge is -2.39. The van der Waals surface area contributed by atoms with Crippen LogP contribution < -0.4 is 4.74 Å². The zero-order valence-electron chi connectivity index (χ0n) is 16.8. The first kappa shape index (κ1) is 28.7. The summed E-state index contributed by atoms with van der Waals surface area (Å²) in [6.45, 7) is 0. The lowest BCUT2D eigenvalue weighted by atomic mass is 9.90. The number of hydrogen-bond acceptors (Lipinski definition) is 3. The summed E-state index contributed by atoms with van der Waals surface area (Å²) in [5, 5.41) is 8.66. The van der Waals surface area contributed by atoms with E-state index in [0.29, 0.717) is 0 Å². The number of hydrogen-bond donors (Lipinski definition) is 0. The molecule has 0 fully saturated rings. The lowest BCUT2D eigenvalue weighted by molar-refractivity contribution is -0.441. The molecular weight excluding hydrogens is 533 g/mol. The summed E-state index contributed by atoms with van der Waals surface area (Å²) in [6, 6.07) is 6.65. The third-order valence-electron chi connectivity index (χ3n) is 4.61. The van der Waals surface area contributed by atoms with Crippen molar-refractivity contribution in [2.75, 3.05) is 0 Å². The van der Waals surface area contributed by atoms with Gasteiger partial charge in [0.1, 0.15) is 5.75 Å². The Labute approximate surface area is 191 Å². The molecular formula is C20H8F13NO2. The molecule has 0 spiro atoms.